The molecule has 2 fully saturated rings. The maximum atomic E-state index is 5.97. The Morgan fingerprint density at radius 3 is 2.93 bits per heavy atom. The van der Waals surface area contributed by atoms with Gasteiger partial charge in [-0.05, 0) is 57.2 Å². The minimum absolute atomic E-state index is 0.390. The van der Waals surface area contributed by atoms with E-state index in [0.29, 0.717) is 12.1 Å². The predicted molar refractivity (Wildman–Crippen MR) is 59.1 cm³/mol. The van der Waals surface area contributed by atoms with Gasteiger partial charge in [0, 0.05) is 6.20 Å². The van der Waals surface area contributed by atoms with Gasteiger partial charge >= 0.3 is 0 Å². The lowest BCUT2D eigenvalue weighted by molar-refractivity contribution is -0.162. The highest BCUT2D eigenvalue weighted by molar-refractivity contribution is 5.01. The fourth-order valence-electron chi connectivity index (χ4n) is 2.51. The summed E-state index contributed by atoms with van der Waals surface area (Å²) in [5.74, 6) is 0.815. The van der Waals surface area contributed by atoms with Gasteiger partial charge in [0.15, 0.2) is 0 Å². The van der Waals surface area contributed by atoms with Crippen LogP contribution >= 0.6 is 0 Å². The second-order valence-corrected chi connectivity index (χ2v) is 4.94. The lowest BCUT2D eigenvalue weighted by Crippen LogP contribution is -2.31. The fraction of sp³-hybridized carbons (Fsp3) is 0.833. The van der Waals surface area contributed by atoms with Crippen molar-refractivity contribution in [2.75, 3.05) is 13.1 Å². The molecule has 0 spiro atoms. The van der Waals surface area contributed by atoms with Crippen molar-refractivity contribution in [1.29, 1.82) is 0 Å². The molecule has 3 rings (SSSR count). The zero-order valence-electron chi connectivity index (χ0n) is 9.19. The molecule has 0 aromatic heterocycles. The summed E-state index contributed by atoms with van der Waals surface area (Å²) in [6.45, 7) is 2.30. The monoisotopic (exact) mass is 208 g/mol. The summed E-state index contributed by atoms with van der Waals surface area (Å²) < 4.78 is 0. The van der Waals surface area contributed by atoms with Crippen LogP contribution in [-0.2, 0) is 4.84 Å². The van der Waals surface area contributed by atoms with Gasteiger partial charge in [0.1, 0.15) is 6.10 Å². The zero-order chi connectivity index (χ0) is 10.1. The third-order valence-corrected chi connectivity index (χ3v) is 3.66. The van der Waals surface area contributed by atoms with Crippen LogP contribution in [0.4, 0.5) is 0 Å². The number of hydroxylamine groups is 2. The normalized spacial score (nSPS) is 36.9. The van der Waals surface area contributed by atoms with Crippen LogP contribution in [0.25, 0.3) is 0 Å². The third-order valence-electron chi connectivity index (χ3n) is 3.66. The first-order valence-corrected chi connectivity index (χ1v) is 6.27. The molecule has 2 unspecified atom stereocenters. The van der Waals surface area contributed by atoms with Crippen molar-refractivity contribution in [3.8, 4) is 0 Å². The van der Waals surface area contributed by atoms with Gasteiger partial charge in [-0.15, -0.1) is 0 Å². The molecule has 84 valence electrons. The average molecular weight is 208 g/mol. The summed E-state index contributed by atoms with van der Waals surface area (Å²) in [4.78, 5) is 5.97. The van der Waals surface area contributed by atoms with Crippen molar-refractivity contribution in [2.45, 2.75) is 44.2 Å². The Hall–Kier alpha value is -0.540. The van der Waals surface area contributed by atoms with E-state index in [1.54, 1.807) is 0 Å². The van der Waals surface area contributed by atoms with E-state index in [4.69, 9.17) is 4.84 Å². The summed E-state index contributed by atoms with van der Waals surface area (Å²) >= 11 is 0. The second-order valence-electron chi connectivity index (χ2n) is 4.94. The van der Waals surface area contributed by atoms with Crippen molar-refractivity contribution in [1.82, 2.24) is 10.4 Å². The Morgan fingerprint density at radius 2 is 2.07 bits per heavy atom. The predicted octanol–water partition coefficient (Wildman–Crippen LogP) is 1.67. The molecule has 1 saturated carbocycles. The van der Waals surface area contributed by atoms with E-state index >= 15 is 0 Å². The number of nitrogens with one attached hydrogen (secondary N) is 1. The third kappa shape index (κ3) is 2.18. The van der Waals surface area contributed by atoms with Gasteiger partial charge in [-0.3, -0.25) is 9.90 Å². The Balaban J connectivity index is 1.55. The molecule has 0 amide bonds. The van der Waals surface area contributed by atoms with Crippen LogP contribution in [-0.4, -0.2) is 30.3 Å². The Labute approximate surface area is 91.4 Å². The standard InChI is InChI=1S/C12H20N2O/c1-2-11(5-8-13-7-1)14-9-6-12(15-14)10-3-4-10/h6,9-13H,1-5,7-8H2. The lowest BCUT2D eigenvalue weighted by atomic mass is 10.1. The van der Waals surface area contributed by atoms with Crippen LogP contribution in [0.15, 0.2) is 12.3 Å². The molecule has 0 bridgehead atoms. The van der Waals surface area contributed by atoms with Crippen molar-refractivity contribution in [3.63, 3.8) is 0 Å². The number of nitrogens with zero attached hydrogens (tertiary/aromatic N) is 1. The van der Waals surface area contributed by atoms with Crippen LogP contribution in [0.3, 0.4) is 0 Å². The molecule has 2 atom stereocenters. The molecule has 2 aliphatic heterocycles. The molecular formula is C12H20N2O. The fourth-order valence-corrected chi connectivity index (χ4v) is 2.51. The van der Waals surface area contributed by atoms with Crippen molar-refractivity contribution in [3.05, 3.63) is 12.3 Å². The SMILES string of the molecule is C1=CN(C2CCCNCC2)OC1C1CC1. The van der Waals surface area contributed by atoms with E-state index in [2.05, 4.69) is 22.7 Å². The Bertz CT molecular complexity index is 242. The first kappa shape index (κ1) is 9.67. The molecule has 0 radical (unpaired) electrons. The summed E-state index contributed by atoms with van der Waals surface area (Å²) in [5.41, 5.74) is 0. The molecule has 3 heteroatoms. The summed E-state index contributed by atoms with van der Waals surface area (Å²) in [5, 5.41) is 5.56. The minimum atomic E-state index is 0.390. The van der Waals surface area contributed by atoms with Gasteiger partial charge in [0.05, 0.1) is 6.04 Å². The quantitative estimate of drug-likeness (QED) is 0.747. The Morgan fingerprint density at radius 1 is 1.13 bits per heavy atom. The molecule has 3 nitrogen and oxygen atoms in total. The van der Waals surface area contributed by atoms with Crippen LogP contribution in [0.2, 0.25) is 0 Å². The molecule has 15 heavy (non-hydrogen) atoms. The lowest BCUT2D eigenvalue weighted by Gasteiger charge is -2.26. The molecule has 2 heterocycles. The molecule has 0 aromatic carbocycles. The zero-order valence-corrected chi connectivity index (χ0v) is 9.19. The molecule has 0 aromatic rings. The van der Waals surface area contributed by atoms with Gasteiger partial charge in [0.25, 0.3) is 0 Å². The first-order valence-electron chi connectivity index (χ1n) is 6.27. The number of hydrogen-bond donors (Lipinski definition) is 1. The molecule has 1 saturated heterocycles. The minimum Gasteiger partial charge on any atom is -0.317 e. The van der Waals surface area contributed by atoms with Gasteiger partial charge in [-0.25, -0.2) is 0 Å². The highest BCUT2D eigenvalue weighted by Gasteiger charge is 2.35. The first-order chi connectivity index (χ1) is 7.43. The van der Waals surface area contributed by atoms with E-state index in [9.17, 15) is 0 Å². The smallest absolute Gasteiger partial charge is 0.108 e. The largest absolute Gasteiger partial charge is 0.317 e. The van der Waals surface area contributed by atoms with Crippen LogP contribution < -0.4 is 5.32 Å². The Kier molecular flexibility index (Phi) is 2.67. The van der Waals surface area contributed by atoms with Crippen LogP contribution in [0, 0.1) is 5.92 Å². The van der Waals surface area contributed by atoms with E-state index < -0.39 is 0 Å². The maximum Gasteiger partial charge on any atom is 0.108 e. The van der Waals surface area contributed by atoms with Crippen molar-refractivity contribution < 1.29 is 4.84 Å². The summed E-state index contributed by atoms with van der Waals surface area (Å²) in [6.07, 6.45) is 11.3. The van der Waals surface area contributed by atoms with Gasteiger partial charge < -0.3 is 5.32 Å². The number of rotatable bonds is 2. The van der Waals surface area contributed by atoms with Gasteiger partial charge in [-0.1, -0.05) is 0 Å². The molecule has 1 N–H and O–H groups in total. The topological polar surface area (TPSA) is 24.5 Å². The van der Waals surface area contributed by atoms with Crippen LogP contribution in [0.1, 0.15) is 32.1 Å². The van der Waals surface area contributed by atoms with Crippen LogP contribution in [0.5, 0.6) is 0 Å². The van der Waals surface area contributed by atoms with Gasteiger partial charge in [0.2, 0.25) is 0 Å². The highest BCUT2D eigenvalue weighted by Crippen LogP contribution is 2.38. The highest BCUT2D eigenvalue weighted by atomic mass is 16.7. The summed E-state index contributed by atoms with van der Waals surface area (Å²) in [6, 6.07) is 0.597. The van der Waals surface area contributed by atoms with E-state index in [-0.39, 0.29) is 0 Å². The van der Waals surface area contributed by atoms with E-state index in [0.717, 1.165) is 12.5 Å². The average Bonchev–Trinajstić information content (AvgIpc) is 3.04. The second kappa shape index (κ2) is 4.14. The van der Waals surface area contributed by atoms with Gasteiger partial charge in [-0.2, -0.15) is 0 Å². The number of hydrogen-bond acceptors (Lipinski definition) is 3. The molecule has 3 aliphatic rings. The maximum absolute atomic E-state index is 5.97. The van der Waals surface area contributed by atoms with Crippen molar-refractivity contribution >= 4 is 0 Å². The van der Waals surface area contributed by atoms with E-state index in [1.165, 1.54) is 38.6 Å². The van der Waals surface area contributed by atoms with E-state index in [1.807, 2.05) is 0 Å². The molecular weight excluding hydrogens is 188 g/mol. The molecule has 1 aliphatic carbocycles. The summed E-state index contributed by atoms with van der Waals surface area (Å²) in [7, 11) is 0. The van der Waals surface area contributed by atoms with Crippen molar-refractivity contribution in [2.24, 2.45) is 5.92 Å².